The van der Waals surface area contributed by atoms with E-state index in [9.17, 15) is 9.59 Å². The molecule has 1 heterocycles. The molecule has 5 nitrogen and oxygen atoms in total. The second kappa shape index (κ2) is 8.67. The summed E-state index contributed by atoms with van der Waals surface area (Å²) in [6, 6.07) is 14.4. The van der Waals surface area contributed by atoms with Crippen molar-refractivity contribution in [2.24, 2.45) is 0 Å². The summed E-state index contributed by atoms with van der Waals surface area (Å²) < 4.78 is 0. The van der Waals surface area contributed by atoms with E-state index in [2.05, 4.69) is 15.6 Å². The molecule has 0 atom stereocenters. The summed E-state index contributed by atoms with van der Waals surface area (Å²) in [5.74, 6) is -0.619. The zero-order valence-electron chi connectivity index (χ0n) is 15.6. The Morgan fingerprint density at radius 1 is 0.893 bits per heavy atom. The Morgan fingerprint density at radius 2 is 1.57 bits per heavy atom. The Balaban J connectivity index is 1.66. The molecule has 2 aromatic carbocycles. The Morgan fingerprint density at radius 3 is 2.25 bits per heavy atom. The van der Waals surface area contributed by atoms with Gasteiger partial charge in [-0.2, -0.15) is 0 Å². The van der Waals surface area contributed by atoms with Crippen LogP contribution in [-0.4, -0.2) is 16.8 Å². The average molecular weight is 394 g/mol. The molecule has 0 aliphatic rings. The maximum Gasteiger partial charge on any atom is 0.257 e. The van der Waals surface area contributed by atoms with Crippen molar-refractivity contribution in [3.8, 4) is 0 Å². The van der Waals surface area contributed by atoms with Gasteiger partial charge in [-0.15, -0.1) is 0 Å². The first-order valence-electron chi connectivity index (χ1n) is 8.78. The number of rotatable bonds is 5. The van der Waals surface area contributed by atoms with Gasteiger partial charge in [-0.3, -0.25) is 14.6 Å². The van der Waals surface area contributed by atoms with Gasteiger partial charge in [0.05, 0.1) is 11.1 Å². The van der Waals surface area contributed by atoms with Gasteiger partial charge < -0.3 is 10.6 Å². The molecule has 0 unspecified atom stereocenters. The van der Waals surface area contributed by atoms with E-state index in [1.807, 2.05) is 44.2 Å². The lowest BCUT2D eigenvalue weighted by molar-refractivity contribution is 0.0950. The largest absolute Gasteiger partial charge is 0.348 e. The second-order valence-electron chi connectivity index (χ2n) is 6.52. The number of halogens is 1. The van der Waals surface area contributed by atoms with Gasteiger partial charge in [-0.1, -0.05) is 29.8 Å². The molecule has 28 heavy (non-hydrogen) atoms. The van der Waals surface area contributed by atoms with Gasteiger partial charge in [0, 0.05) is 29.6 Å². The van der Waals surface area contributed by atoms with Gasteiger partial charge in [0.25, 0.3) is 11.8 Å². The minimum atomic E-state index is -0.317. The fourth-order valence-electron chi connectivity index (χ4n) is 2.60. The van der Waals surface area contributed by atoms with Crippen molar-refractivity contribution < 1.29 is 9.59 Å². The molecule has 2 amide bonds. The predicted molar refractivity (Wildman–Crippen MR) is 111 cm³/mol. The molecule has 1 aromatic heterocycles. The van der Waals surface area contributed by atoms with Crippen LogP contribution in [0.3, 0.4) is 0 Å². The highest BCUT2D eigenvalue weighted by Crippen LogP contribution is 2.15. The molecular formula is C22H20ClN3O2. The van der Waals surface area contributed by atoms with Crippen molar-refractivity contribution in [3.05, 3.63) is 93.8 Å². The van der Waals surface area contributed by atoms with Crippen molar-refractivity contribution in [1.82, 2.24) is 10.3 Å². The summed E-state index contributed by atoms with van der Waals surface area (Å²) >= 11 is 5.86. The molecule has 6 heteroatoms. The molecule has 0 spiro atoms. The monoisotopic (exact) mass is 393 g/mol. The van der Waals surface area contributed by atoms with Gasteiger partial charge in [-0.05, 0) is 60.9 Å². The number of anilines is 1. The van der Waals surface area contributed by atoms with Crippen LogP contribution in [0.2, 0.25) is 5.02 Å². The molecule has 0 bridgehead atoms. The summed E-state index contributed by atoms with van der Waals surface area (Å²) in [6.45, 7) is 4.35. The number of nitrogens with zero attached hydrogens (tertiary/aromatic N) is 1. The van der Waals surface area contributed by atoms with Gasteiger partial charge in [0.1, 0.15) is 0 Å². The van der Waals surface area contributed by atoms with Crippen LogP contribution < -0.4 is 10.6 Å². The smallest absolute Gasteiger partial charge is 0.257 e. The summed E-state index contributed by atoms with van der Waals surface area (Å²) in [4.78, 5) is 28.9. The SMILES string of the molecule is Cc1ccc(NC(=O)c2cncc(C(=O)NCc3ccc(Cl)cc3)c2)cc1C. The summed E-state index contributed by atoms with van der Waals surface area (Å²) in [5.41, 5.74) is 4.50. The zero-order valence-corrected chi connectivity index (χ0v) is 16.4. The number of amides is 2. The molecule has 0 aliphatic heterocycles. The summed E-state index contributed by atoms with van der Waals surface area (Å²) in [5, 5.41) is 6.28. The highest BCUT2D eigenvalue weighted by Gasteiger charge is 2.12. The van der Waals surface area contributed by atoms with Crippen LogP contribution in [0, 0.1) is 13.8 Å². The number of hydrogen-bond acceptors (Lipinski definition) is 3. The standard InChI is InChI=1S/C22H20ClN3O2/c1-14-3-8-20(9-15(14)2)26-22(28)18-10-17(12-24-13-18)21(27)25-11-16-4-6-19(23)7-5-16/h3-10,12-13H,11H2,1-2H3,(H,25,27)(H,26,28). The average Bonchev–Trinajstić information content (AvgIpc) is 2.70. The number of carbonyl (C=O) groups is 2. The van der Waals surface area contributed by atoms with Gasteiger partial charge in [0.15, 0.2) is 0 Å². The summed E-state index contributed by atoms with van der Waals surface area (Å²) in [6.07, 6.45) is 2.87. The normalized spacial score (nSPS) is 10.4. The van der Waals surface area contributed by atoms with Crippen molar-refractivity contribution in [3.63, 3.8) is 0 Å². The van der Waals surface area contributed by atoms with E-state index in [0.717, 1.165) is 16.7 Å². The fraction of sp³-hybridized carbons (Fsp3) is 0.136. The number of aryl methyl sites for hydroxylation is 2. The third kappa shape index (κ3) is 4.96. The topological polar surface area (TPSA) is 71.1 Å². The van der Waals surface area contributed by atoms with Crippen molar-refractivity contribution in [2.45, 2.75) is 20.4 Å². The second-order valence-corrected chi connectivity index (χ2v) is 6.96. The summed E-state index contributed by atoms with van der Waals surface area (Å²) in [7, 11) is 0. The molecule has 0 saturated carbocycles. The predicted octanol–water partition coefficient (Wildman–Crippen LogP) is 4.53. The minimum absolute atomic E-state index is 0.303. The lowest BCUT2D eigenvalue weighted by Gasteiger charge is -2.09. The van der Waals surface area contributed by atoms with E-state index < -0.39 is 0 Å². The first kappa shape index (κ1) is 19.6. The minimum Gasteiger partial charge on any atom is -0.348 e. The van der Waals surface area contributed by atoms with Gasteiger partial charge in [0.2, 0.25) is 0 Å². The van der Waals surface area contributed by atoms with Crippen LogP contribution in [0.15, 0.2) is 60.9 Å². The van der Waals surface area contributed by atoms with Crippen LogP contribution in [0.1, 0.15) is 37.4 Å². The highest BCUT2D eigenvalue weighted by atomic mass is 35.5. The van der Waals surface area contributed by atoms with E-state index in [-0.39, 0.29) is 11.8 Å². The van der Waals surface area contributed by atoms with Crippen LogP contribution >= 0.6 is 11.6 Å². The Kier molecular flexibility index (Phi) is 6.06. The highest BCUT2D eigenvalue weighted by molar-refractivity contribution is 6.30. The van der Waals surface area contributed by atoms with E-state index in [0.29, 0.717) is 28.4 Å². The van der Waals surface area contributed by atoms with Gasteiger partial charge >= 0.3 is 0 Å². The Hall–Kier alpha value is -3.18. The fourth-order valence-corrected chi connectivity index (χ4v) is 2.72. The molecule has 2 N–H and O–H groups in total. The number of hydrogen-bond donors (Lipinski definition) is 2. The third-order valence-corrected chi connectivity index (χ3v) is 4.65. The van der Waals surface area contributed by atoms with E-state index >= 15 is 0 Å². The first-order chi connectivity index (χ1) is 13.4. The van der Waals surface area contributed by atoms with Crippen LogP contribution in [0.25, 0.3) is 0 Å². The zero-order chi connectivity index (χ0) is 20.1. The van der Waals surface area contributed by atoms with E-state index in [1.54, 1.807) is 12.1 Å². The molecule has 3 aromatic rings. The maximum atomic E-state index is 12.5. The molecule has 0 fully saturated rings. The van der Waals surface area contributed by atoms with Crippen molar-refractivity contribution in [2.75, 3.05) is 5.32 Å². The maximum absolute atomic E-state index is 12.5. The van der Waals surface area contributed by atoms with Crippen LogP contribution in [0.5, 0.6) is 0 Å². The molecular weight excluding hydrogens is 374 g/mol. The Labute approximate surface area is 168 Å². The van der Waals surface area contributed by atoms with Crippen molar-refractivity contribution >= 4 is 29.1 Å². The quantitative estimate of drug-likeness (QED) is 0.668. The van der Waals surface area contributed by atoms with Crippen LogP contribution in [0.4, 0.5) is 5.69 Å². The lowest BCUT2D eigenvalue weighted by Crippen LogP contribution is -2.23. The number of benzene rings is 2. The number of carbonyl (C=O) groups excluding carboxylic acids is 2. The van der Waals surface area contributed by atoms with E-state index in [1.165, 1.54) is 18.5 Å². The Bertz CT molecular complexity index is 1020. The first-order valence-corrected chi connectivity index (χ1v) is 9.16. The number of pyridine rings is 1. The van der Waals surface area contributed by atoms with Crippen LogP contribution in [-0.2, 0) is 6.54 Å². The molecule has 142 valence electrons. The lowest BCUT2D eigenvalue weighted by atomic mass is 10.1. The molecule has 0 radical (unpaired) electrons. The van der Waals surface area contributed by atoms with Gasteiger partial charge in [-0.25, -0.2) is 0 Å². The third-order valence-electron chi connectivity index (χ3n) is 4.39. The number of nitrogens with one attached hydrogen (secondary N) is 2. The molecule has 0 saturated heterocycles. The van der Waals surface area contributed by atoms with E-state index in [4.69, 9.17) is 11.6 Å². The molecule has 3 rings (SSSR count). The molecule has 0 aliphatic carbocycles. The number of aromatic nitrogens is 1. The van der Waals surface area contributed by atoms with Crippen molar-refractivity contribution in [1.29, 1.82) is 0 Å².